The second kappa shape index (κ2) is 7.46. The Balaban J connectivity index is 2.07. The Kier molecular flexibility index (Phi) is 5.91. The average Bonchev–Trinajstić information content (AvgIpc) is 2.45. The number of aliphatic hydroxyl groups excluding tert-OH is 1. The van der Waals surface area contributed by atoms with Gasteiger partial charge in [0.15, 0.2) is 0 Å². The third-order valence-electron chi connectivity index (χ3n) is 4.48. The molecule has 1 aromatic rings. The van der Waals surface area contributed by atoms with Gasteiger partial charge in [0.2, 0.25) is 0 Å². The highest BCUT2D eigenvalue weighted by molar-refractivity contribution is 9.10. The normalized spacial score (nSPS) is 26.5. The zero-order valence-electron chi connectivity index (χ0n) is 12.4. The number of aliphatic hydroxyl groups is 1. The van der Waals surface area contributed by atoms with Crippen molar-refractivity contribution in [3.8, 4) is 5.75 Å². The molecule has 2 rings (SSSR count). The van der Waals surface area contributed by atoms with Crippen LogP contribution in [0.1, 0.15) is 44.6 Å². The standard InChI is InChI=1S/C17H25BrO2/c1-3-4-12-5-8-17(19)14(9-12)10-13-11-15(20-2)6-7-16(13)18/h6-7,11-12,14,17,19H,3-5,8-10H2,1-2H3. The summed E-state index contributed by atoms with van der Waals surface area (Å²) in [5.74, 6) is 2.06. The third kappa shape index (κ3) is 3.98. The molecule has 0 bridgehead atoms. The molecule has 2 nitrogen and oxygen atoms in total. The SMILES string of the molecule is CCCC1CCC(O)C(Cc2cc(OC)ccc2Br)C1. The minimum Gasteiger partial charge on any atom is -0.497 e. The van der Waals surface area contributed by atoms with Gasteiger partial charge >= 0.3 is 0 Å². The van der Waals surface area contributed by atoms with Gasteiger partial charge in [-0.05, 0) is 61.3 Å². The summed E-state index contributed by atoms with van der Waals surface area (Å²) in [5.41, 5.74) is 1.24. The average molecular weight is 341 g/mol. The summed E-state index contributed by atoms with van der Waals surface area (Å²) in [7, 11) is 1.69. The van der Waals surface area contributed by atoms with Crippen LogP contribution in [0.5, 0.6) is 5.75 Å². The molecular weight excluding hydrogens is 316 g/mol. The molecule has 20 heavy (non-hydrogen) atoms. The van der Waals surface area contributed by atoms with E-state index in [1.54, 1.807) is 7.11 Å². The van der Waals surface area contributed by atoms with Crippen molar-refractivity contribution in [3.63, 3.8) is 0 Å². The molecular formula is C17H25BrO2. The molecule has 0 aliphatic heterocycles. The molecule has 1 N–H and O–H groups in total. The van der Waals surface area contributed by atoms with Gasteiger partial charge in [0.1, 0.15) is 5.75 Å². The minimum atomic E-state index is -0.152. The minimum absolute atomic E-state index is 0.152. The van der Waals surface area contributed by atoms with Gasteiger partial charge in [0, 0.05) is 4.47 Å². The number of methoxy groups -OCH3 is 1. The van der Waals surface area contributed by atoms with Gasteiger partial charge in [-0.15, -0.1) is 0 Å². The fraction of sp³-hybridized carbons (Fsp3) is 0.647. The molecule has 0 heterocycles. The molecule has 1 fully saturated rings. The molecule has 1 aliphatic carbocycles. The lowest BCUT2D eigenvalue weighted by Gasteiger charge is -2.33. The van der Waals surface area contributed by atoms with Gasteiger partial charge in [-0.25, -0.2) is 0 Å². The van der Waals surface area contributed by atoms with E-state index >= 15 is 0 Å². The number of benzene rings is 1. The van der Waals surface area contributed by atoms with Gasteiger partial charge in [-0.3, -0.25) is 0 Å². The molecule has 3 atom stereocenters. The molecule has 3 heteroatoms. The fourth-order valence-electron chi connectivity index (χ4n) is 3.35. The lowest BCUT2D eigenvalue weighted by atomic mass is 9.75. The first-order valence-corrected chi connectivity index (χ1v) is 8.43. The third-order valence-corrected chi connectivity index (χ3v) is 5.26. The number of halogens is 1. The molecule has 0 aromatic heterocycles. The summed E-state index contributed by atoms with van der Waals surface area (Å²) < 4.78 is 6.42. The van der Waals surface area contributed by atoms with Gasteiger partial charge in [0.25, 0.3) is 0 Å². The van der Waals surface area contributed by atoms with Crippen molar-refractivity contribution >= 4 is 15.9 Å². The topological polar surface area (TPSA) is 29.5 Å². The van der Waals surface area contributed by atoms with E-state index in [1.807, 2.05) is 12.1 Å². The maximum atomic E-state index is 10.3. The highest BCUT2D eigenvalue weighted by atomic mass is 79.9. The van der Waals surface area contributed by atoms with Crippen LogP contribution in [-0.2, 0) is 6.42 Å². The molecule has 1 saturated carbocycles. The molecule has 112 valence electrons. The molecule has 1 aromatic carbocycles. The quantitative estimate of drug-likeness (QED) is 0.850. The lowest BCUT2D eigenvalue weighted by Crippen LogP contribution is -2.30. The van der Waals surface area contributed by atoms with Crippen molar-refractivity contribution < 1.29 is 9.84 Å². The molecule has 3 unspecified atom stereocenters. The van der Waals surface area contributed by atoms with Crippen LogP contribution >= 0.6 is 15.9 Å². The zero-order valence-corrected chi connectivity index (χ0v) is 14.0. The van der Waals surface area contributed by atoms with E-state index in [2.05, 4.69) is 28.9 Å². The predicted octanol–water partition coefficient (Wildman–Crippen LogP) is 4.58. The smallest absolute Gasteiger partial charge is 0.119 e. The summed E-state index contributed by atoms with van der Waals surface area (Å²) in [6.07, 6.45) is 6.61. The highest BCUT2D eigenvalue weighted by Gasteiger charge is 2.29. The van der Waals surface area contributed by atoms with Crippen LogP contribution in [0, 0.1) is 11.8 Å². The van der Waals surface area contributed by atoms with E-state index in [1.165, 1.54) is 24.8 Å². The Morgan fingerprint density at radius 3 is 2.85 bits per heavy atom. The van der Waals surface area contributed by atoms with Crippen LogP contribution in [-0.4, -0.2) is 18.3 Å². The van der Waals surface area contributed by atoms with E-state index in [4.69, 9.17) is 4.74 Å². The summed E-state index contributed by atoms with van der Waals surface area (Å²) in [6, 6.07) is 6.08. The fourth-order valence-corrected chi connectivity index (χ4v) is 3.76. The van der Waals surface area contributed by atoms with Gasteiger partial charge in [-0.2, -0.15) is 0 Å². The zero-order chi connectivity index (χ0) is 14.5. The van der Waals surface area contributed by atoms with E-state index < -0.39 is 0 Å². The Morgan fingerprint density at radius 2 is 2.15 bits per heavy atom. The van der Waals surface area contributed by atoms with E-state index in [0.717, 1.165) is 35.4 Å². The lowest BCUT2D eigenvalue weighted by molar-refractivity contribution is 0.0462. The maximum absolute atomic E-state index is 10.3. The van der Waals surface area contributed by atoms with Crippen molar-refractivity contribution in [2.24, 2.45) is 11.8 Å². The maximum Gasteiger partial charge on any atom is 0.119 e. The molecule has 0 saturated heterocycles. The summed E-state index contributed by atoms with van der Waals surface area (Å²) >= 11 is 3.62. The van der Waals surface area contributed by atoms with Crippen molar-refractivity contribution in [3.05, 3.63) is 28.2 Å². The van der Waals surface area contributed by atoms with Crippen molar-refractivity contribution in [2.75, 3.05) is 7.11 Å². The first-order valence-electron chi connectivity index (χ1n) is 7.64. The number of ether oxygens (including phenoxy) is 1. The molecule has 1 aliphatic rings. The van der Waals surface area contributed by atoms with Crippen molar-refractivity contribution in [1.82, 2.24) is 0 Å². The van der Waals surface area contributed by atoms with Gasteiger partial charge in [-0.1, -0.05) is 35.7 Å². The largest absolute Gasteiger partial charge is 0.497 e. The number of hydrogen-bond donors (Lipinski definition) is 1. The van der Waals surface area contributed by atoms with Crippen LogP contribution in [0.15, 0.2) is 22.7 Å². The summed E-state index contributed by atoms with van der Waals surface area (Å²) in [4.78, 5) is 0. The first kappa shape index (κ1) is 15.8. The Hall–Kier alpha value is -0.540. The number of rotatable bonds is 5. The van der Waals surface area contributed by atoms with Gasteiger partial charge in [0.05, 0.1) is 13.2 Å². The van der Waals surface area contributed by atoms with Gasteiger partial charge < -0.3 is 9.84 Å². The van der Waals surface area contributed by atoms with Crippen LogP contribution in [0.25, 0.3) is 0 Å². The first-order chi connectivity index (χ1) is 9.63. The van der Waals surface area contributed by atoms with Crippen LogP contribution < -0.4 is 4.74 Å². The van der Waals surface area contributed by atoms with Crippen LogP contribution in [0.4, 0.5) is 0 Å². The van der Waals surface area contributed by atoms with Crippen LogP contribution in [0.2, 0.25) is 0 Å². The highest BCUT2D eigenvalue weighted by Crippen LogP contribution is 2.36. The monoisotopic (exact) mass is 340 g/mol. The van der Waals surface area contributed by atoms with Crippen LogP contribution in [0.3, 0.4) is 0 Å². The van der Waals surface area contributed by atoms with E-state index in [-0.39, 0.29) is 6.10 Å². The number of hydrogen-bond acceptors (Lipinski definition) is 2. The van der Waals surface area contributed by atoms with E-state index in [0.29, 0.717) is 5.92 Å². The predicted molar refractivity (Wildman–Crippen MR) is 86.1 cm³/mol. The Morgan fingerprint density at radius 1 is 1.35 bits per heavy atom. The molecule has 0 radical (unpaired) electrons. The van der Waals surface area contributed by atoms with E-state index in [9.17, 15) is 5.11 Å². The Labute approximate surface area is 130 Å². The second-order valence-electron chi connectivity index (χ2n) is 5.96. The van der Waals surface area contributed by atoms with Crippen molar-refractivity contribution in [2.45, 2.75) is 51.6 Å². The Bertz CT molecular complexity index is 433. The summed E-state index contributed by atoms with van der Waals surface area (Å²) in [6.45, 7) is 2.25. The summed E-state index contributed by atoms with van der Waals surface area (Å²) in [5, 5.41) is 10.3. The second-order valence-corrected chi connectivity index (χ2v) is 6.81. The molecule has 0 amide bonds. The molecule has 0 spiro atoms. The van der Waals surface area contributed by atoms with Crippen molar-refractivity contribution in [1.29, 1.82) is 0 Å².